The molecule has 0 aromatic heterocycles. The van der Waals surface area contributed by atoms with E-state index in [4.69, 9.17) is 0 Å². The predicted octanol–water partition coefficient (Wildman–Crippen LogP) is -7.11. The summed E-state index contributed by atoms with van der Waals surface area (Å²) in [6.07, 6.45) is 0. The maximum Gasteiger partial charge on any atom is 2.00 e. The minimum atomic E-state index is 0. The first-order valence-electron chi connectivity index (χ1n) is 0. The molecular weight excluding hydrogens is 150 g/mol. The number of rotatable bonds is 0. The van der Waals surface area contributed by atoms with Gasteiger partial charge in [0.1, 0.15) is 0 Å². The van der Waals surface area contributed by atoms with Crippen LogP contribution in [0.3, 0.4) is 0 Å². The number of hydrogen-bond donors (Lipinski definition) is 0. The molecule has 0 saturated carbocycles. The average Bonchev–Trinajstić information content (AvgIpc) is 0. The summed E-state index contributed by atoms with van der Waals surface area (Å²) in [4.78, 5) is 0. The first-order valence-corrected chi connectivity index (χ1v) is 0. The van der Waals surface area contributed by atoms with Gasteiger partial charge in [-0.15, -0.1) is 0 Å². The monoisotopic (exact) mass is 152 g/mol. The van der Waals surface area contributed by atoms with Crippen LogP contribution in [0.5, 0.6) is 0 Å². The van der Waals surface area contributed by atoms with E-state index in [1.807, 2.05) is 0 Å². The van der Waals surface area contributed by atoms with E-state index in [1.54, 1.807) is 0 Å². The Morgan fingerprint density at radius 2 is 0.500 bits per heavy atom. The predicted molar refractivity (Wildman–Crippen MR) is 15.4 cm³/mol. The molecular formula is H2Ca2F2O2. The molecule has 0 fully saturated rings. The van der Waals surface area contributed by atoms with Crippen molar-refractivity contribution in [1.82, 2.24) is 0 Å². The Morgan fingerprint density at radius 3 is 0.500 bits per heavy atom. The first-order chi connectivity index (χ1) is 0. The Morgan fingerprint density at radius 1 is 0.500 bits per heavy atom. The zero-order chi connectivity index (χ0) is 0. The second-order valence-corrected chi connectivity index (χ2v) is 0. The van der Waals surface area contributed by atoms with Crippen molar-refractivity contribution in [2.75, 3.05) is 0 Å². The molecule has 0 aromatic rings. The van der Waals surface area contributed by atoms with Gasteiger partial charge in [0.25, 0.3) is 0 Å². The molecule has 0 bridgehead atoms. The van der Waals surface area contributed by atoms with Crippen molar-refractivity contribution in [1.29, 1.82) is 0 Å². The molecule has 0 heterocycles. The van der Waals surface area contributed by atoms with Crippen molar-refractivity contribution in [2.45, 2.75) is 0 Å². The third kappa shape index (κ3) is 33.5. The summed E-state index contributed by atoms with van der Waals surface area (Å²) in [7, 11) is 0. The Hall–Kier alpha value is 2.30. The summed E-state index contributed by atoms with van der Waals surface area (Å²) in [6.45, 7) is 0. The molecule has 0 aromatic carbocycles. The summed E-state index contributed by atoms with van der Waals surface area (Å²) in [6, 6.07) is 0. The van der Waals surface area contributed by atoms with E-state index in [0.29, 0.717) is 0 Å². The third-order valence-electron chi connectivity index (χ3n) is 0. The fourth-order valence-electron chi connectivity index (χ4n) is 0. The first kappa shape index (κ1) is 83.6. The van der Waals surface area contributed by atoms with Crippen LogP contribution >= 0.6 is 0 Å². The van der Waals surface area contributed by atoms with Gasteiger partial charge in [0.2, 0.25) is 0 Å². The van der Waals surface area contributed by atoms with Crippen LogP contribution in [0.25, 0.3) is 0 Å². The molecule has 0 aliphatic rings. The summed E-state index contributed by atoms with van der Waals surface area (Å²) in [5.74, 6) is 0. The van der Waals surface area contributed by atoms with Gasteiger partial charge in [-0.2, -0.15) is 0 Å². The Labute approximate surface area is 94.0 Å². The maximum absolute atomic E-state index is 0. The van der Waals surface area contributed by atoms with Crippen LogP contribution in [0.2, 0.25) is 0 Å². The second-order valence-electron chi connectivity index (χ2n) is 0. The normalized spacial score (nSPS) is 0. The van der Waals surface area contributed by atoms with E-state index in [-0.39, 0.29) is 95.8 Å². The molecule has 0 unspecified atom stereocenters. The summed E-state index contributed by atoms with van der Waals surface area (Å²) in [5.41, 5.74) is 0. The SMILES string of the molecule is [Ca+2].[Ca+2].[F-].[F-].[OH-].[OH-]. The van der Waals surface area contributed by atoms with Crippen molar-refractivity contribution in [2.24, 2.45) is 0 Å². The summed E-state index contributed by atoms with van der Waals surface area (Å²) >= 11 is 0. The van der Waals surface area contributed by atoms with E-state index >= 15 is 0 Å². The number of hydrogen-bond acceptors (Lipinski definition) is 2. The molecule has 6 heavy (non-hydrogen) atoms. The van der Waals surface area contributed by atoms with Gasteiger partial charge in [-0.1, -0.05) is 0 Å². The largest absolute Gasteiger partial charge is 2.00 e. The molecule has 2 nitrogen and oxygen atoms in total. The minimum absolute atomic E-state index is 0. The van der Waals surface area contributed by atoms with Crippen LogP contribution in [-0.2, 0) is 0 Å². The zero-order valence-corrected chi connectivity index (χ0v) is 7.48. The van der Waals surface area contributed by atoms with Gasteiger partial charge < -0.3 is 20.4 Å². The smallest absolute Gasteiger partial charge is 1.00 e. The van der Waals surface area contributed by atoms with Crippen LogP contribution in [0.15, 0.2) is 0 Å². The van der Waals surface area contributed by atoms with Gasteiger partial charge in [-0.05, 0) is 0 Å². The van der Waals surface area contributed by atoms with Gasteiger partial charge >= 0.3 is 75.5 Å². The van der Waals surface area contributed by atoms with E-state index in [2.05, 4.69) is 0 Å². The average molecular weight is 152 g/mol. The molecule has 0 spiro atoms. The summed E-state index contributed by atoms with van der Waals surface area (Å²) < 4.78 is 0. The summed E-state index contributed by atoms with van der Waals surface area (Å²) in [5, 5.41) is 0. The van der Waals surface area contributed by atoms with Crippen molar-refractivity contribution in [3.8, 4) is 0 Å². The van der Waals surface area contributed by atoms with Crippen molar-refractivity contribution < 1.29 is 20.4 Å². The molecule has 2 N–H and O–H groups in total. The van der Waals surface area contributed by atoms with Crippen LogP contribution < -0.4 is 9.41 Å². The molecule has 0 rings (SSSR count). The fourth-order valence-corrected chi connectivity index (χ4v) is 0. The zero-order valence-electron chi connectivity index (χ0n) is 3.06. The van der Waals surface area contributed by atoms with Gasteiger partial charge in [0.05, 0.1) is 0 Å². The van der Waals surface area contributed by atoms with Gasteiger partial charge in [0.15, 0.2) is 0 Å². The molecule has 0 saturated heterocycles. The number of halogens is 2. The molecule has 0 atom stereocenters. The van der Waals surface area contributed by atoms with Crippen LogP contribution in [0.1, 0.15) is 0 Å². The van der Waals surface area contributed by atoms with Gasteiger partial charge in [0, 0.05) is 0 Å². The second kappa shape index (κ2) is 54.8. The van der Waals surface area contributed by atoms with Crippen LogP contribution in [0, 0.1) is 0 Å². The Kier molecular flexibility index (Phi) is 764. The van der Waals surface area contributed by atoms with Crippen LogP contribution in [0.4, 0.5) is 0 Å². The molecule has 32 valence electrons. The van der Waals surface area contributed by atoms with Gasteiger partial charge in [-0.3, -0.25) is 0 Å². The third-order valence-corrected chi connectivity index (χ3v) is 0. The standard InChI is InChI=1S/2Ca.2FH.2H2O/h;;2*1H;2*1H2/q2*+2;;;;/p-4. The van der Waals surface area contributed by atoms with E-state index in [1.165, 1.54) is 0 Å². The molecule has 0 aliphatic carbocycles. The van der Waals surface area contributed by atoms with Crippen molar-refractivity contribution in [3.05, 3.63) is 0 Å². The van der Waals surface area contributed by atoms with E-state index in [0.717, 1.165) is 0 Å². The minimum Gasteiger partial charge on any atom is -1.00 e. The Bertz CT molecular complexity index is 9.51. The Balaban J connectivity index is 0. The molecule has 0 aliphatic heterocycles. The van der Waals surface area contributed by atoms with Crippen LogP contribution in [-0.4, -0.2) is 86.4 Å². The molecule has 6 heteroatoms. The quantitative estimate of drug-likeness (QED) is 0.324. The van der Waals surface area contributed by atoms with Crippen molar-refractivity contribution >= 4 is 75.5 Å². The van der Waals surface area contributed by atoms with E-state index in [9.17, 15) is 0 Å². The maximum atomic E-state index is 0. The van der Waals surface area contributed by atoms with Crippen molar-refractivity contribution in [3.63, 3.8) is 0 Å². The fraction of sp³-hybridized carbons (Fsp3) is 0. The molecule has 0 amide bonds. The van der Waals surface area contributed by atoms with Gasteiger partial charge in [-0.25, -0.2) is 0 Å². The molecule has 0 radical (unpaired) electrons. The topological polar surface area (TPSA) is 60.0 Å². The van der Waals surface area contributed by atoms with E-state index < -0.39 is 0 Å².